The van der Waals surface area contributed by atoms with Crippen LogP contribution in [0.3, 0.4) is 0 Å². The SMILES string of the molecule is CC1=Cc2oc3cccc(O)c3c(=O)c2[C@@H](C(=O)O)[C@H]1O.CC1=Cc2oc3cccc(O)c3c(=O)c2[C@@H](C(=O)O)[C@H]1O.O. The van der Waals surface area contributed by atoms with E-state index in [9.17, 15) is 49.8 Å². The van der Waals surface area contributed by atoms with Crippen LogP contribution in [-0.4, -0.2) is 60.3 Å². The van der Waals surface area contributed by atoms with E-state index in [0.717, 1.165) is 0 Å². The number of aliphatic carboxylic acids is 2. The summed E-state index contributed by atoms with van der Waals surface area (Å²) >= 11 is 0. The third-order valence-corrected chi connectivity index (χ3v) is 7.36. The first kappa shape index (κ1) is 30.7. The summed E-state index contributed by atoms with van der Waals surface area (Å²) in [4.78, 5) is 47.9. The second-order valence-electron chi connectivity index (χ2n) is 10.0. The van der Waals surface area contributed by atoms with Gasteiger partial charge in [-0.1, -0.05) is 12.1 Å². The maximum atomic E-state index is 12.5. The second kappa shape index (κ2) is 11.2. The molecule has 4 atom stereocenters. The molecule has 0 fully saturated rings. The Morgan fingerprint density at radius 1 is 0.674 bits per heavy atom. The van der Waals surface area contributed by atoms with Crippen LogP contribution in [0, 0.1) is 0 Å². The topological polar surface area (TPSA) is 247 Å². The van der Waals surface area contributed by atoms with Gasteiger partial charge in [0, 0.05) is 0 Å². The maximum Gasteiger partial charge on any atom is 0.314 e. The van der Waals surface area contributed by atoms with Crippen molar-refractivity contribution in [3.05, 3.63) is 90.6 Å². The van der Waals surface area contributed by atoms with Gasteiger partial charge in [0.05, 0.1) is 23.3 Å². The summed E-state index contributed by atoms with van der Waals surface area (Å²) in [5.41, 5.74) is -0.426. The van der Waals surface area contributed by atoms with Crippen LogP contribution in [0.5, 0.6) is 11.5 Å². The largest absolute Gasteiger partial charge is 0.507 e. The van der Waals surface area contributed by atoms with Crippen molar-refractivity contribution in [3.8, 4) is 11.5 Å². The standard InChI is InChI=1S/2C15H12O6.H2O/c2*1-6-5-9-11(12(13(6)17)15(19)20)14(18)10-7(16)3-2-4-8(10)21-9;/h2*2-5,12-13,16-17H,1H3,(H,19,20);1H2/t2*12-,13+;/m11./s1. The smallest absolute Gasteiger partial charge is 0.314 e. The van der Waals surface area contributed by atoms with Crippen molar-refractivity contribution in [2.75, 3.05) is 0 Å². The summed E-state index contributed by atoms with van der Waals surface area (Å²) in [5, 5.41) is 58.1. The van der Waals surface area contributed by atoms with Crippen molar-refractivity contribution < 1.29 is 54.5 Å². The van der Waals surface area contributed by atoms with Crippen molar-refractivity contribution in [1.82, 2.24) is 0 Å². The van der Waals surface area contributed by atoms with E-state index in [1.165, 1.54) is 48.6 Å². The molecule has 0 saturated carbocycles. The van der Waals surface area contributed by atoms with E-state index in [1.807, 2.05) is 0 Å². The highest BCUT2D eigenvalue weighted by molar-refractivity contribution is 5.89. The van der Waals surface area contributed by atoms with Gasteiger partial charge in [-0.2, -0.15) is 0 Å². The van der Waals surface area contributed by atoms with Gasteiger partial charge in [0.2, 0.25) is 10.9 Å². The molecule has 43 heavy (non-hydrogen) atoms. The summed E-state index contributed by atoms with van der Waals surface area (Å²) in [6, 6.07) is 8.72. The average molecular weight is 595 g/mol. The molecule has 0 saturated heterocycles. The summed E-state index contributed by atoms with van der Waals surface area (Å²) in [5.74, 6) is -5.82. The summed E-state index contributed by atoms with van der Waals surface area (Å²) in [6.45, 7) is 3.13. The number of phenolic OH excluding ortho intramolecular Hbond substituents is 2. The Morgan fingerprint density at radius 3 is 1.35 bits per heavy atom. The highest BCUT2D eigenvalue weighted by Crippen LogP contribution is 2.36. The van der Waals surface area contributed by atoms with Gasteiger partial charge >= 0.3 is 11.9 Å². The van der Waals surface area contributed by atoms with Gasteiger partial charge in [0.15, 0.2) is 0 Å². The molecule has 0 bridgehead atoms. The first-order valence-corrected chi connectivity index (χ1v) is 12.6. The van der Waals surface area contributed by atoms with E-state index in [1.54, 1.807) is 13.8 Å². The lowest BCUT2D eigenvalue weighted by Gasteiger charge is -2.25. The van der Waals surface area contributed by atoms with E-state index in [0.29, 0.717) is 11.1 Å². The number of benzene rings is 2. The second-order valence-corrected chi connectivity index (χ2v) is 10.0. The molecular weight excluding hydrogens is 568 g/mol. The van der Waals surface area contributed by atoms with Crippen LogP contribution in [0.2, 0.25) is 0 Å². The van der Waals surface area contributed by atoms with E-state index in [-0.39, 0.29) is 61.6 Å². The zero-order chi connectivity index (χ0) is 30.6. The van der Waals surface area contributed by atoms with Gasteiger partial charge in [-0.05, 0) is 61.4 Å². The molecule has 224 valence electrons. The van der Waals surface area contributed by atoms with Gasteiger partial charge in [0.25, 0.3) is 0 Å². The number of rotatable bonds is 2. The molecule has 0 amide bonds. The van der Waals surface area contributed by atoms with Gasteiger partial charge in [-0.3, -0.25) is 19.2 Å². The molecule has 0 spiro atoms. The van der Waals surface area contributed by atoms with Crippen LogP contribution in [0.15, 0.2) is 66.0 Å². The molecule has 0 unspecified atom stereocenters. The molecule has 2 aliphatic rings. The molecular formula is C30H26O13. The molecule has 2 heterocycles. The van der Waals surface area contributed by atoms with Crippen LogP contribution in [-0.2, 0) is 9.59 Å². The average Bonchev–Trinajstić information content (AvgIpc) is 2.91. The van der Waals surface area contributed by atoms with Crippen LogP contribution in [0.1, 0.15) is 48.3 Å². The third-order valence-electron chi connectivity index (χ3n) is 7.36. The van der Waals surface area contributed by atoms with Gasteiger partial charge in [0.1, 0.15) is 56.8 Å². The number of aromatic hydroxyl groups is 2. The van der Waals surface area contributed by atoms with Gasteiger partial charge < -0.3 is 44.9 Å². The quantitative estimate of drug-likeness (QED) is 0.195. The summed E-state index contributed by atoms with van der Waals surface area (Å²) in [7, 11) is 0. The number of carboxylic acid groups (broad SMARTS) is 2. The normalized spacial score (nSPS) is 20.5. The van der Waals surface area contributed by atoms with E-state index in [2.05, 4.69) is 0 Å². The molecule has 13 heteroatoms. The van der Waals surface area contributed by atoms with Crippen molar-refractivity contribution in [3.63, 3.8) is 0 Å². The van der Waals surface area contributed by atoms with Crippen LogP contribution >= 0.6 is 0 Å². The number of phenols is 2. The van der Waals surface area contributed by atoms with Crippen molar-refractivity contribution in [1.29, 1.82) is 0 Å². The number of aliphatic hydroxyl groups is 2. The van der Waals surface area contributed by atoms with Gasteiger partial charge in [-0.25, -0.2) is 0 Å². The first-order valence-electron chi connectivity index (χ1n) is 12.6. The van der Waals surface area contributed by atoms with Crippen molar-refractivity contribution >= 4 is 46.0 Å². The number of hydrogen-bond acceptors (Lipinski definition) is 10. The van der Waals surface area contributed by atoms with Crippen molar-refractivity contribution in [2.45, 2.75) is 37.9 Å². The molecule has 8 N–H and O–H groups in total. The number of carbonyl (C=O) groups is 2. The van der Waals surface area contributed by atoms with E-state index < -0.39 is 46.8 Å². The van der Waals surface area contributed by atoms with Crippen LogP contribution < -0.4 is 10.9 Å². The number of fused-ring (bicyclic) bond motifs is 4. The Balaban J connectivity index is 0.000000192. The Hall–Kier alpha value is -5.24. The molecule has 0 radical (unpaired) electrons. The molecule has 2 aliphatic carbocycles. The van der Waals surface area contributed by atoms with Crippen molar-refractivity contribution in [2.24, 2.45) is 0 Å². The molecule has 0 aliphatic heterocycles. The van der Waals surface area contributed by atoms with Crippen LogP contribution in [0.25, 0.3) is 34.1 Å². The fourth-order valence-electron chi connectivity index (χ4n) is 5.25. The van der Waals surface area contributed by atoms with Gasteiger partial charge in [-0.15, -0.1) is 0 Å². The first-order chi connectivity index (χ1) is 19.8. The molecule has 4 aromatic rings. The molecule has 2 aromatic carbocycles. The summed E-state index contributed by atoms with van der Waals surface area (Å²) in [6.07, 6.45) is 0.289. The highest BCUT2D eigenvalue weighted by atomic mass is 16.4. The Morgan fingerprint density at radius 2 is 1.02 bits per heavy atom. The zero-order valence-corrected chi connectivity index (χ0v) is 22.6. The zero-order valence-electron chi connectivity index (χ0n) is 22.6. The molecule has 6 rings (SSSR count). The predicted octanol–water partition coefficient (Wildman–Crippen LogP) is 2.06. The van der Waals surface area contributed by atoms with E-state index >= 15 is 0 Å². The lowest BCUT2D eigenvalue weighted by molar-refractivity contribution is -0.142. The Labute approximate surface area is 240 Å². The third kappa shape index (κ3) is 4.95. The highest BCUT2D eigenvalue weighted by Gasteiger charge is 2.39. The number of carboxylic acids is 2. The maximum absolute atomic E-state index is 12.5. The lowest BCUT2D eigenvalue weighted by atomic mass is 9.83. The number of hydrogen-bond donors (Lipinski definition) is 6. The number of aliphatic hydroxyl groups excluding tert-OH is 2. The minimum absolute atomic E-state index is 0. The minimum atomic E-state index is -1.41. The minimum Gasteiger partial charge on any atom is -0.507 e. The fraction of sp³-hybridized carbons (Fsp3) is 0.200. The Bertz CT molecular complexity index is 1840. The van der Waals surface area contributed by atoms with E-state index in [4.69, 9.17) is 8.83 Å². The predicted molar refractivity (Wildman–Crippen MR) is 152 cm³/mol. The lowest BCUT2D eigenvalue weighted by Crippen LogP contribution is -2.34. The fourth-order valence-corrected chi connectivity index (χ4v) is 5.25. The Kier molecular flexibility index (Phi) is 8.01. The monoisotopic (exact) mass is 594 g/mol. The molecule has 13 nitrogen and oxygen atoms in total. The summed E-state index contributed by atoms with van der Waals surface area (Å²) < 4.78 is 11.1. The van der Waals surface area contributed by atoms with Crippen LogP contribution in [0.4, 0.5) is 0 Å². The molecule has 2 aromatic heterocycles.